The minimum atomic E-state index is 0.464. The van der Waals surface area contributed by atoms with Crippen molar-refractivity contribution in [3.8, 4) is 12.8 Å². The van der Waals surface area contributed by atoms with E-state index in [0.717, 1.165) is 10.2 Å². The van der Waals surface area contributed by atoms with Crippen LogP contribution < -0.4 is 5.73 Å². The molecule has 0 aromatic carbocycles. The van der Waals surface area contributed by atoms with Gasteiger partial charge in [0.1, 0.15) is 12.0 Å². The van der Waals surface area contributed by atoms with Crippen LogP contribution in [0.25, 0.3) is 0 Å². The summed E-state index contributed by atoms with van der Waals surface area (Å²) in [6, 6.07) is 1.85. The van der Waals surface area contributed by atoms with Crippen molar-refractivity contribution >= 4 is 15.9 Å². The summed E-state index contributed by atoms with van der Waals surface area (Å²) in [5.41, 5.74) is 5.25. The molecule has 0 aliphatic rings. The zero-order valence-corrected chi connectivity index (χ0v) is 8.97. The van der Waals surface area contributed by atoms with Crippen molar-refractivity contribution in [1.82, 2.24) is 0 Å². The normalized spacial score (nSPS) is 7.17. The Kier molecular flexibility index (Phi) is 11.9. The number of halogens is 1. The lowest BCUT2D eigenvalue weighted by atomic mass is 10.5. The minimum Gasteiger partial charge on any atom is -0.467 e. The second kappa shape index (κ2) is 10.3. The van der Waals surface area contributed by atoms with Crippen molar-refractivity contribution in [2.75, 3.05) is 0 Å². The molecule has 0 spiro atoms. The highest BCUT2D eigenvalue weighted by molar-refractivity contribution is 9.10. The third-order valence-electron chi connectivity index (χ3n) is 0.823. The molecule has 0 amide bonds. The van der Waals surface area contributed by atoms with Gasteiger partial charge in [-0.05, 0) is 22.0 Å². The van der Waals surface area contributed by atoms with Crippen molar-refractivity contribution in [3.63, 3.8) is 0 Å². The maximum Gasteiger partial charge on any atom is 0.118 e. The molecule has 0 fully saturated rings. The number of furan rings is 1. The fraction of sp³-hybridized carbons (Fsp3) is 0.333. The quantitative estimate of drug-likeness (QED) is 0.756. The Balaban J connectivity index is 0. The summed E-state index contributed by atoms with van der Waals surface area (Å²) >= 11 is 3.22. The molecule has 2 nitrogen and oxygen atoms in total. The lowest BCUT2D eigenvalue weighted by Gasteiger charge is -1.80. The molecular formula is C9H14BrNO. The van der Waals surface area contributed by atoms with Crippen LogP contribution in [0.2, 0.25) is 0 Å². The van der Waals surface area contributed by atoms with Crippen LogP contribution >= 0.6 is 15.9 Å². The van der Waals surface area contributed by atoms with Crippen molar-refractivity contribution in [2.45, 2.75) is 20.4 Å². The Morgan fingerprint density at radius 2 is 2.00 bits per heavy atom. The molecule has 68 valence electrons. The summed E-state index contributed by atoms with van der Waals surface area (Å²) < 4.78 is 5.88. The van der Waals surface area contributed by atoms with Crippen LogP contribution in [0.4, 0.5) is 0 Å². The molecule has 0 aliphatic carbocycles. The maximum absolute atomic E-state index is 5.25. The van der Waals surface area contributed by atoms with E-state index in [2.05, 4.69) is 28.8 Å². The highest BCUT2D eigenvalue weighted by Gasteiger charge is 1.92. The third-order valence-corrected chi connectivity index (χ3v) is 1.24. The van der Waals surface area contributed by atoms with E-state index in [0.29, 0.717) is 6.54 Å². The van der Waals surface area contributed by atoms with Gasteiger partial charge in [0.2, 0.25) is 0 Å². The molecule has 0 saturated heterocycles. The molecule has 12 heavy (non-hydrogen) atoms. The first-order valence-corrected chi connectivity index (χ1v) is 4.38. The van der Waals surface area contributed by atoms with Crippen LogP contribution in [-0.2, 0) is 6.54 Å². The summed E-state index contributed by atoms with van der Waals surface area (Å²) in [5.74, 6) is 0.803. The van der Waals surface area contributed by atoms with Gasteiger partial charge in [0.25, 0.3) is 0 Å². The number of hydrogen-bond acceptors (Lipinski definition) is 2. The topological polar surface area (TPSA) is 39.2 Å². The molecule has 1 aromatic rings. The van der Waals surface area contributed by atoms with Crippen molar-refractivity contribution in [2.24, 2.45) is 5.73 Å². The predicted octanol–water partition coefficient (Wildman–Crippen LogP) is 2.78. The van der Waals surface area contributed by atoms with Crippen LogP contribution in [0.3, 0.4) is 0 Å². The molecule has 0 aliphatic heterocycles. The molecule has 1 rings (SSSR count). The van der Waals surface area contributed by atoms with Crippen LogP contribution in [0.15, 0.2) is 21.2 Å². The Morgan fingerprint density at radius 3 is 2.17 bits per heavy atom. The van der Waals surface area contributed by atoms with Crippen LogP contribution in [0.1, 0.15) is 19.6 Å². The van der Waals surface area contributed by atoms with Gasteiger partial charge in [-0.15, -0.1) is 12.8 Å². The Morgan fingerprint density at radius 1 is 1.50 bits per heavy atom. The van der Waals surface area contributed by atoms with Gasteiger partial charge in [-0.1, -0.05) is 13.8 Å². The summed E-state index contributed by atoms with van der Waals surface area (Å²) in [6.07, 6.45) is 9.61. The lowest BCUT2D eigenvalue weighted by molar-refractivity contribution is 0.511. The second-order valence-electron chi connectivity index (χ2n) is 1.44. The van der Waals surface area contributed by atoms with E-state index in [1.165, 1.54) is 0 Å². The molecule has 0 unspecified atom stereocenters. The Hall–Kier alpha value is -0.720. The van der Waals surface area contributed by atoms with Gasteiger partial charge in [0, 0.05) is 0 Å². The SMILES string of the molecule is C#C.CC.NCc1cc(Br)co1. The van der Waals surface area contributed by atoms with Crippen molar-refractivity contribution in [3.05, 3.63) is 22.6 Å². The van der Waals surface area contributed by atoms with E-state index in [1.807, 2.05) is 19.9 Å². The third kappa shape index (κ3) is 6.02. The summed E-state index contributed by atoms with van der Waals surface area (Å²) in [5, 5.41) is 0. The first kappa shape index (κ1) is 13.8. The van der Waals surface area contributed by atoms with Gasteiger partial charge in [0.15, 0.2) is 0 Å². The highest BCUT2D eigenvalue weighted by atomic mass is 79.9. The zero-order chi connectivity index (χ0) is 9.98. The van der Waals surface area contributed by atoms with Gasteiger partial charge in [-0.25, -0.2) is 0 Å². The average molecular weight is 232 g/mol. The molecule has 0 saturated carbocycles. The molecule has 0 radical (unpaired) electrons. The maximum atomic E-state index is 5.25. The number of rotatable bonds is 1. The van der Waals surface area contributed by atoms with Gasteiger partial charge >= 0.3 is 0 Å². The van der Waals surface area contributed by atoms with Gasteiger partial charge in [-0.3, -0.25) is 0 Å². The van der Waals surface area contributed by atoms with E-state index in [4.69, 9.17) is 10.2 Å². The smallest absolute Gasteiger partial charge is 0.118 e. The van der Waals surface area contributed by atoms with Gasteiger partial charge in [0.05, 0.1) is 11.0 Å². The number of terminal acetylenes is 1. The predicted molar refractivity (Wildman–Crippen MR) is 55.5 cm³/mol. The highest BCUT2D eigenvalue weighted by Crippen LogP contribution is 2.12. The number of hydrogen-bond donors (Lipinski definition) is 1. The fourth-order valence-corrected chi connectivity index (χ4v) is 0.810. The second-order valence-corrected chi connectivity index (χ2v) is 2.35. The zero-order valence-electron chi connectivity index (χ0n) is 7.38. The van der Waals surface area contributed by atoms with Crippen molar-refractivity contribution < 1.29 is 4.42 Å². The molecule has 1 heterocycles. The Labute approximate surface area is 82.3 Å². The Bertz CT molecular complexity index is 205. The van der Waals surface area contributed by atoms with Crippen LogP contribution in [0, 0.1) is 12.8 Å². The molecule has 0 atom stereocenters. The number of nitrogens with two attached hydrogens (primary N) is 1. The minimum absolute atomic E-state index is 0.464. The van der Waals surface area contributed by atoms with E-state index in [-0.39, 0.29) is 0 Å². The summed E-state index contributed by atoms with van der Waals surface area (Å²) in [7, 11) is 0. The summed E-state index contributed by atoms with van der Waals surface area (Å²) in [6.45, 7) is 4.46. The van der Waals surface area contributed by atoms with Gasteiger partial charge in [-0.2, -0.15) is 0 Å². The van der Waals surface area contributed by atoms with Gasteiger partial charge < -0.3 is 10.2 Å². The van der Waals surface area contributed by atoms with Crippen molar-refractivity contribution in [1.29, 1.82) is 0 Å². The molecular weight excluding hydrogens is 218 g/mol. The first-order valence-electron chi connectivity index (χ1n) is 3.59. The molecule has 3 heteroatoms. The molecule has 1 aromatic heterocycles. The largest absolute Gasteiger partial charge is 0.467 e. The van der Waals surface area contributed by atoms with E-state index in [1.54, 1.807) is 6.26 Å². The lowest BCUT2D eigenvalue weighted by Crippen LogP contribution is -1.92. The van der Waals surface area contributed by atoms with Crippen LogP contribution in [-0.4, -0.2) is 0 Å². The first-order chi connectivity index (χ1) is 5.83. The standard InChI is InChI=1S/C5H6BrNO.C2H6.C2H2/c6-4-1-5(2-7)8-3-4;2*1-2/h1,3H,2,7H2;1-2H3;1-2H. The molecule has 0 bridgehead atoms. The average Bonchev–Trinajstić information content (AvgIpc) is 2.58. The van der Waals surface area contributed by atoms with Crippen LogP contribution in [0.5, 0.6) is 0 Å². The monoisotopic (exact) mass is 231 g/mol. The van der Waals surface area contributed by atoms with E-state index < -0.39 is 0 Å². The fourth-order valence-electron chi connectivity index (χ4n) is 0.461. The van der Waals surface area contributed by atoms with E-state index in [9.17, 15) is 0 Å². The molecule has 2 N–H and O–H groups in total. The summed E-state index contributed by atoms with van der Waals surface area (Å²) in [4.78, 5) is 0. The van der Waals surface area contributed by atoms with E-state index >= 15 is 0 Å².